The number of carboxylic acids is 1. The first kappa shape index (κ1) is 28.2. The van der Waals surface area contributed by atoms with Crippen LogP contribution in [0.15, 0.2) is 103 Å². The standard InChI is InChI=1S/C32H23F3N2O5/c33-32(34,35)24-10-5-20(6-11-24)19-41-25-12-8-23-17-26(13-9-22(23)16-25)42-30-14-7-21(18-36-30)15-29(38)37-28-4-2-1-3-27(28)31(39)40/h1-14,16-18H,15,19H2,(H,37,38)(H,39,40). The molecule has 0 saturated heterocycles. The van der Waals surface area contributed by atoms with Crippen molar-refractivity contribution in [2.45, 2.75) is 19.2 Å². The lowest BCUT2D eigenvalue weighted by atomic mass is 10.1. The Balaban J connectivity index is 1.17. The zero-order chi connectivity index (χ0) is 29.7. The van der Waals surface area contributed by atoms with Crippen LogP contribution in [0.5, 0.6) is 17.4 Å². The SMILES string of the molecule is O=C(Cc1ccc(Oc2ccc3cc(OCc4ccc(C(F)(F)F)cc4)ccc3c2)nc1)Nc1ccccc1C(=O)O. The molecule has 0 aliphatic heterocycles. The number of hydrogen-bond acceptors (Lipinski definition) is 5. The molecule has 10 heteroatoms. The molecule has 1 amide bonds. The van der Waals surface area contributed by atoms with Crippen LogP contribution in [-0.4, -0.2) is 22.0 Å². The van der Waals surface area contributed by atoms with Crippen LogP contribution in [-0.2, 0) is 24.0 Å². The predicted octanol–water partition coefficient (Wildman–Crippen LogP) is 7.50. The third kappa shape index (κ3) is 7.03. The van der Waals surface area contributed by atoms with Gasteiger partial charge in [0.1, 0.15) is 18.1 Å². The first-order chi connectivity index (χ1) is 20.1. The molecule has 0 saturated carbocycles. The molecule has 42 heavy (non-hydrogen) atoms. The van der Waals surface area contributed by atoms with Crippen molar-refractivity contribution in [2.24, 2.45) is 0 Å². The number of carbonyl (C=O) groups excluding carboxylic acids is 1. The number of pyridine rings is 1. The summed E-state index contributed by atoms with van der Waals surface area (Å²) in [4.78, 5) is 28.0. The van der Waals surface area contributed by atoms with Crippen LogP contribution in [0.4, 0.5) is 18.9 Å². The van der Waals surface area contributed by atoms with Gasteiger partial charge in [-0.05, 0) is 70.4 Å². The third-order valence-electron chi connectivity index (χ3n) is 6.29. The number of halogens is 3. The van der Waals surface area contributed by atoms with Gasteiger partial charge in [0.2, 0.25) is 11.8 Å². The number of ether oxygens (including phenoxy) is 2. The zero-order valence-corrected chi connectivity index (χ0v) is 21.9. The Bertz CT molecular complexity index is 1740. The number of benzene rings is 4. The Morgan fingerprint density at radius 3 is 2.14 bits per heavy atom. The van der Waals surface area contributed by atoms with E-state index in [1.807, 2.05) is 24.3 Å². The van der Waals surface area contributed by atoms with E-state index in [1.165, 1.54) is 30.5 Å². The summed E-state index contributed by atoms with van der Waals surface area (Å²) < 4.78 is 49.9. The Morgan fingerprint density at radius 1 is 0.810 bits per heavy atom. The first-order valence-corrected chi connectivity index (χ1v) is 12.7. The van der Waals surface area contributed by atoms with Crippen LogP contribution in [0, 0.1) is 0 Å². The van der Waals surface area contributed by atoms with E-state index >= 15 is 0 Å². The van der Waals surface area contributed by atoms with Crippen molar-refractivity contribution in [2.75, 3.05) is 5.32 Å². The normalized spacial score (nSPS) is 11.2. The maximum absolute atomic E-state index is 12.7. The molecular formula is C32H23F3N2O5. The number of para-hydroxylation sites is 1. The first-order valence-electron chi connectivity index (χ1n) is 12.7. The van der Waals surface area contributed by atoms with Gasteiger partial charge in [-0.15, -0.1) is 0 Å². The molecule has 4 aromatic carbocycles. The number of aromatic carboxylic acids is 1. The molecule has 0 aliphatic carbocycles. The highest BCUT2D eigenvalue weighted by atomic mass is 19.4. The molecule has 0 bridgehead atoms. The van der Waals surface area contributed by atoms with Gasteiger partial charge in [-0.25, -0.2) is 9.78 Å². The highest BCUT2D eigenvalue weighted by molar-refractivity contribution is 6.01. The summed E-state index contributed by atoms with van der Waals surface area (Å²) in [5.74, 6) is -0.0659. The average Bonchev–Trinajstić information content (AvgIpc) is 2.97. The topological polar surface area (TPSA) is 97.8 Å². The maximum atomic E-state index is 12.7. The fraction of sp³-hybridized carbons (Fsp3) is 0.0938. The predicted molar refractivity (Wildman–Crippen MR) is 150 cm³/mol. The third-order valence-corrected chi connectivity index (χ3v) is 6.29. The number of carboxylic acid groups (broad SMARTS) is 1. The number of rotatable bonds is 9. The van der Waals surface area contributed by atoms with E-state index in [0.717, 1.165) is 22.9 Å². The van der Waals surface area contributed by atoms with Crippen LogP contribution in [0.2, 0.25) is 0 Å². The van der Waals surface area contributed by atoms with Gasteiger partial charge in [0.15, 0.2) is 0 Å². The lowest BCUT2D eigenvalue weighted by Crippen LogP contribution is -2.16. The van der Waals surface area contributed by atoms with E-state index in [-0.39, 0.29) is 30.2 Å². The fourth-order valence-electron chi connectivity index (χ4n) is 4.17. The number of fused-ring (bicyclic) bond motifs is 1. The largest absolute Gasteiger partial charge is 0.489 e. The summed E-state index contributed by atoms with van der Waals surface area (Å²) in [5.41, 5.74) is 0.761. The summed E-state index contributed by atoms with van der Waals surface area (Å²) in [6.45, 7) is 0.129. The molecule has 1 heterocycles. The van der Waals surface area contributed by atoms with E-state index in [4.69, 9.17) is 9.47 Å². The number of hydrogen-bond donors (Lipinski definition) is 2. The Labute approximate surface area is 238 Å². The minimum atomic E-state index is -4.38. The summed E-state index contributed by atoms with van der Waals surface area (Å²) >= 11 is 0. The Kier molecular flexibility index (Phi) is 8.05. The van der Waals surface area contributed by atoms with Crippen LogP contribution < -0.4 is 14.8 Å². The number of nitrogens with zero attached hydrogens (tertiary/aromatic N) is 1. The van der Waals surface area contributed by atoms with Gasteiger partial charge < -0.3 is 19.9 Å². The fourth-order valence-corrected chi connectivity index (χ4v) is 4.17. The monoisotopic (exact) mass is 572 g/mol. The van der Waals surface area contributed by atoms with Crippen LogP contribution in [0.3, 0.4) is 0 Å². The van der Waals surface area contributed by atoms with Gasteiger partial charge in [0.25, 0.3) is 0 Å². The summed E-state index contributed by atoms with van der Waals surface area (Å²) in [6, 6.07) is 25.2. The quantitative estimate of drug-likeness (QED) is 0.190. The van der Waals surface area contributed by atoms with E-state index in [1.54, 1.807) is 36.4 Å². The van der Waals surface area contributed by atoms with Gasteiger partial charge in [0.05, 0.1) is 23.2 Å². The van der Waals surface area contributed by atoms with Gasteiger partial charge in [-0.1, -0.05) is 42.5 Å². The number of amides is 1. The molecule has 5 rings (SSSR count). The average molecular weight is 573 g/mol. The molecule has 5 aromatic rings. The summed E-state index contributed by atoms with van der Waals surface area (Å²) in [5, 5.41) is 13.6. The lowest BCUT2D eigenvalue weighted by Gasteiger charge is -2.11. The van der Waals surface area contributed by atoms with E-state index in [0.29, 0.717) is 28.5 Å². The Morgan fingerprint density at radius 2 is 1.48 bits per heavy atom. The second-order valence-electron chi connectivity index (χ2n) is 9.34. The van der Waals surface area contributed by atoms with Crippen molar-refractivity contribution in [3.05, 3.63) is 126 Å². The van der Waals surface area contributed by atoms with Gasteiger partial charge in [-0.2, -0.15) is 13.2 Å². The molecule has 2 N–H and O–H groups in total. The smallest absolute Gasteiger partial charge is 0.416 e. The van der Waals surface area contributed by atoms with Crippen molar-refractivity contribution in [3.8, 4) is 17.4 Å². The van der Waals surface area contributed by atoms with Crippen LogP contribution in [0.25, 0.3) is 10.8 Å². The molecule has 212 valence electrons. The molecular weight excluding hydrogens is 549 g/mol. The van der Waals surface area contributed by atoms with Gasteiger partial charge in [-0.3, -0.25) is 4.79 Å². The number of alkyl halides is 3. The number of anilines is 1. The van der Waals surface area contributed by atoms with E-state index in [2.05, 4.69) is 10.3 Å². The van der Waals surface area contributed by atoms with E-state index < -0.39 is 17.7 Å². The molecule has 7 nitrogen and oxygen atoms in total. The summed E-state index contributed by atoms with van der Waals surface area (Å²) in [6.07, 6.45) is -2.86. The van der Waals surface area contributed by atoms with Gasteiger partial charge >= 0.3 is 12.1 Å². The summed E-state index contributed by atoms with van der Waals surface area (Å²) in [7, 11) is 0. The van der Waals surface area contributed by atoms with Crippen LogP contribution >= 0.6 is 0 Å². The highest BCUT2D eigenvalue weighted by Crippen LogP contribution is 2.30. The van der Waals surface area contributed by atoms with Crippen molar-refractivity contribution in [1.29, 1.82) is 0 Å². The lowest BCUT2D eigenvalue weighted by molar-refractivity contribution is -0.137. The van der Waals surface area contributed by atoms with Crippen molar-refractivity contribution >= 4 is 28.3 Å². The van der Waals surface area contributed by atoms with Crippen molar-refractivity contribution in [3.63, 3.8) is 0 Å². The van der Waals surface area contributed by atoms with Crippen molar-refractivity contribution < 1.29 is 37.3 Å². The minimum absolute atomic E-state index is 0.000476. The maximum Gasteiger partial charge on any atom is 0.416 e. The molecule has 0 aliphatic rings. The van der Waals surface area contributed by atoms with Gasteiger partial charge in [0, 0.05) is 12.3 Å². The molecule has 1 aromatic heterocycles. The molecule has 0 unspecified atom stereocenters. The zero-order valence-electron chi connectivity index (χ0n) is 21.9. The van der Waals surface area contributed by atoms with Crippen molar-refractivity contribution in [1.82, 2.24) is 4.98 Å². The van der Waals surface area contributed by atoms with Crippen LogP contribution in [0.1, 0.15) is 27.0 Å². The second kappa shape index (κ2) is 12.0. The second-order valence-corrected chi connectivity index (χ2v) is 9.34. The van der Waals surface area contributed by atoms with E-state index in [9.17, 15) is 27.9 Å². The molecule has 0 radical (unpaired) electrons. The number of aromatic nitrogens is 1. The molecule has 0 fully saturated rings. The number of nitrogens with one attached hydrogen (secondary N) is 1. The molecule has 0 spiro atoms. The molecule has 0 atom stereocenters. The Hall–Kier alpha value is -5.38. The number of carbonyl (C=O) groups is 2. The highest BCUT2D eigenvalue weighted by Gasteiger charge is 2.29. The minimum Gasteiger partial charge on any atom is -0.489 e.